The van der Waals surface area contributed by atoms with Gasteiger partial charge in [-0.3, -0.25) is 4.98 Å². The third kappa shape index (κ3) is 2.86. The minimum absolute atomic E-state index is 0.370. The maximum Gasteiger partial charge on any atom is 0.0841 e. The Morgan fingerprint density at radius 3 is 2.90 bits per heavy atom. The summed E-state index contributed by atoms with van der Waals surface area (Å²) in [6.45, 7) is 2.24. The smallest absolute Gasteiger partial charge is 0.0841 e. The number of pyridine rings is 1. The molecule has 3 heteroatoms. The molecular formula is C18H22BrNO. The zero-order valence-electron chi connectivity index (χ0n) is 12.4. The Kier molecular flexibility index (Phi) is 4.60. The SMILES string of the molecule is CCC1CCCCC1C(O)c1ccc(Br)c2cccnc12. The molecule has 1 fully saturated rings. The van der Waals surface area contributed by atoms with Gasteiger partial charge in [0.05, 0.1) is 11.6 Å². The molecule has 1 N–H and O–H groups in total. The Hall–Kier alpha value is -0.930. The lowest BCUT2D eigenvalue weighted by Crippen LogP contribution is -2.25. The van der Waals surface area contributed by atoms with Crippen molar-refractivity contribution in [3.05, 3.63) is 40.5 Å². The number of aliphatic hydroxyl groups is 1. The van der Waals surface area contributed by atoms with Gasteiger partial charge in [0.15, 0.2) is 0 Å². The molecule has 1 aliphatic rings. The first-order valence-corrected chi connectivity index (χ1v) is 8.73. The topological polar surface area (TPSA) is 33.1 Å². The monoisotopic (exact) mass is 347 g/mol. The summed E-state index contributed by atoms with van der Waals surface area (Å²) in [6.07, 6.45) is 7.48. The molecule has 0 aliphatic heterocycles. The van der Waals surface area contributed by atoms with Crippen molar-refractivity contribution in [1.82, 2.24) is 4.98 Å². The van der Waals surface area contributed by atoms with Crippen LogP contribution in [0.2, 0.25) is 0 Å². The number of hydrogen-bond acceptors (Lipinski definition) is 2. The van der Waals surface area contributed by atoms with Crippen LogP contribution in [0.1, 0.15) is 50.7 Å². The zero-order valence-corrected chi connectivity index (χ0v) is 14.0. The summed E-state index contributed by atoms with van der Waals surface area (Å²) in [4.78, 5) is 4.52. The maximum absolute atomic E-state index is 11.0. The number of rotatable bonds is 3. The highest BCUT2D eigenvalue weighted by molar-refractivity contribution is 9.10. The van der Waals surface area contributed by atoms with Crippen molar-refractivity contribution in [3.63, 3.8) is 0 Å². The van der Waals surface area contributed by atoms with E-state index in [0.717, 1.165) is 33.8 Å². The van der Waals surface area contributed by atoms with Crippen LogP contribution >= 0.6 is 15.9 Å². The van der Waals surface area contributed by atoms with E-state index in [1.807, 2.05) is 24.4 Å². The number of aliphatic hydroxyl groups excluding tert-OH is 1. The number of nitrogens with zero attached hydrogens (tertiary/aromatic N) is 1. The normalized spacial score (nSPS) is 24.1. The molecule has 3 unspecified atom stereocenters. The Bertz CT molecular complexity index is 628. The van der Waals surface area contributed by atoms with Crippen molar-refractivity contribution in [2.45, 2.75) is 45.1 Å². The van der Waals surface area contributed by atoms with Crippen LogP contribution in [-0.2, 0) is 0 Å². The van der Waals surface area contributed by atoms with E-state index in [2.05, 4.69) is 33.9 Å². The van der Waals surface area contributed by atoms with Gasteiger partial charge in [-0.2, -0.15) is 0 Å². The Morgan fingerprint density at radius 1 is 1.29 bits per heavy atom. The van der Waals surface area contributed by atoms with Gasteiger partial charge in [0.25, 0.3) is 0 Å². The summed E-state index contributed by atoms with van der Waals surface area (Å²) in [5.74, 6) is 1.01. The van der Waals surface area contributed by atoms with Crippen LogP contribution in [0.3, 0.4) is 0 Å². The minimum Gasteiger partial charge on any atom is -0.388 e. The minimum atomic E-state index is -0.402. The van der Waals surface area contributed by atoms with Crippen LogP contribution in [0.5, 0.6) is 0 Å². The predicted octanol–water partition coefficient (Wildman–Crippen LogP) is 5.25. The Morgan fingerprint density at radius 2 is 2.10 bits per heavy atom. The van der Waals surface area contributed by atoms with Crippen molar-refractivity contribution in [2.75, 3.05) is 0 Å². The lowest BCUT2D eigenvalue weighted by molar-refractivity contribution is 0.0461. The van der Waals surface area contributed by atoms with Crippen LogP contribution in [0.25, 0.3) is 10.9 Å². The fourth-order valence-corrected chi connectivity index (χ4v) is 4.24. The van der Waals surface area contributed by atoms with Gasteiger partial charge in [-0.1, -0.05) is 60.7 Å². The molecule has 112 valence electrons. The van der Waals surface area contributed by atoms with Gasteiger partial charge in [0, 0.05) is 21.6 Å². The van der Waals surface area contributed by atoms with Gasteiger partial charge in [-0.25, -0.2) is 0 Å². The van der Waals surface area contributed by atoms with E-state index in [9.17, 15) is 5.11 Å². The zero-order chi connectivity index (χ0) is 14.8. The Labute approximate surface area is 134 Å². The molecule has 0 amide bonds. The summed E-state index contributed by atoms with van der Waals surface area (Å²) < 4.78 is 1.04. The summed E-state index contributed by atoms with van der Waals surface area (Å²) in [7, 11) is 0. The lowest BCUT2D eigenvalue weighted by atomic mass is 9.73. The third-order valence-corrected chi connectivity index (χ3v) is 5.66. The standard InChI is InChI=1S/C18H22BrNO/c1-2-12-6-3-4-7-13(12)18(21)15-9-10-16(19)14-8-5-11-20-17(14)15/h5,8-13,18,21H,2-4,6-7H2,1H3. The summed E-state index contributed by atoms with van der Waals surface area (Å²) >= 11 is 3.58. The third-order valence-electron chi connectivity index (χ3n) is 4.96. The molecule has 2 aromatic rings. The molecule has 21 heavy (non-hydrogen) atoms. The first kappa shape index (κ1) is 15.0. The molecule has 2 nitrogen and oxygen atoms in total. The van der Waals surface area contributed by atoms with Gasteiger partial charge >= 0.3 is 0 Å². The fraction of sp³-hybridized carbons (Fsp3) is 0.500. The van der Waals surface area contributed by atoms with Gasteiger partial charge in [0.2, 0.25) is 0 Å². The number of halogens is 1. The van der Waals surface area contributed by atoms with Crippen molar-refractivity contribution in [1.29, 1.82) is 0 Å². The first-order chi connectivity index (χ1) is 10.2. The highest BCUT2D eigenvalue weighted by Gasteiger charge is 2.31. The maximum atomic E-state index is 11.0. The van der Waals surface area contributed by atoms with E-state index in [0.29, 0.717) is 11.8 Å². The first-order valence-electron chi connectivity index (χ1n) is 7.93. The van der Waals surface area contributed by atoms with Crippen molar-refractivity contribution in [2.24, 2.45) is 11.8 Å². The van der Waals surface area contributed by atoms with Crippen LogP contribution in [-0.4, -0.2) is 10.1 Å². The molecule has 1 aromatic carbocycles. The number of aromatic nitrogens is 1. The predicted molar refractivity (Wildman–Crippen MR) is 90.1 cm³/mol. The molecule has 1 saturated carbocycles. The molecular weight excluding hydrogens is 326 g/mol. The number of fused-ring (bicyclic) bond motifs is 1. The van der Waals surface area contributed by atoms with Gasteiger partial charge < -0.3 is 5.11 Å². The van der Waals surface area contributed by atoms with E-state index in [1.54, 1.807) is 0 Å². The summed E-state index contributed by atoms with van der Waals surface area (Å²) in [5, 5.41) is 12.1. The number of hydrogen-bond donors (Lipinski definition) is 1. The highest BCUT2D eigenvalue weighted by Crippen LogP contribution is 2.42. The van der Waals surface area contributed by atoms with E-state index < -0.39 is 6.10 Å². The second kappa shape index (κ2) is 6.45. The second-order valence-electron chi connectivity index (χ2n) is 6.10. The van der Waals surface area contributed by atoms with E-state index in [-0.39, 0.29) is 0 Å². The van der Waals surface area contributed by atoms with E-state index in [4.69, 9.17) is 0 Å². The van der Waals surface area contributed by atoms with Crippen molar-refractivity contribution < 1.29 is 5.11 Å². The van der Waals surface area contributed by atoms with Crippen LogP contribution in [0.15, 0.2) is 34.9 Å². The van der Waals surface area contributed by atoms with Crippen molar-refractivity contribution in [3.8, 4) is 0 Å². The number of benzene rings is 1. The van der Waals surface area contributed by atoms with Gasteiger partial charge in [0.1, 0.15) is 0 Å². The van der Waals surface area contributed by atoms with Crippen molar-refractivity contribution >= 4 is 26.8 Å². The summed E-state index contributed by atoms with van der Waals surface area (Å²) in [5.41, 5.74) is 1.92. The average Bonchev–Trinajstić information content (AvgIpc) is 2.55. The van der Waals surface area contributed by atoms with Gasteiger partial charge in [-0.15, -0.1) is 0 Å². The van der Waals surface area contributed by atoms with Gasteiger partial charge in [-0.05, 0) is 30.4 Å². The molecule has 0 spiro atoms. The molecule has 0 radical (unpaired) electrons. The second-order valence-corrected chi connectivity index (χ2v) is 6.95. The van der Waals surface area contributed by atoms with Crippen LogP contribution in [0.4, 0.5) is 0 Å². The summed E-state index contributed by atoms with van der Waals surface area (Å²) in [6, 6.07) is 8.07. The molecule has 0 saturated heterocycles. The average molecular weight is 348 g/mol. The molecule has 1 heterocycles. The van der Waals surface area contributed by atoms with Crippen LogP contribution < -0.4 is 0 Å². The molecule has 0 bridgehead atoms. The molecule has 1 aliphatic carbocycles. The highest BCUT2D eigenvalue weighted by atomic mass is 79.9. The largest absolute Gasteiger partial charge is 0.388 e. The molecule has 3 rings (SSSR count). The lowest BCUT2D eigenvalue weighted by Gasteiger charge is -2.34. The fourth-order valence-electron chi connectivity index (χ4n) is 3.79. The molecule has 3 atom stereocenters. The molecule has 1 aromatic heterocycles. The Balaban J connectivity index is 2.01. The quantitative estimate of drug-likeness (QED) is 0.822. The van der Waals surface area contributed by atoms with E-state index >= 15 is 0 Å². The van der Waals surface area contributed by atoms with E-state index in [1.165, 1.54) is 19.3 Å². The van der Waals surface area contributed by atoms with Crippen LogP contribution in [0, 0.1) is 11.8 Å².